The number of carbonyl (C=O) groups is 1. The maximum Gasteiger partial charge on any atom is 0.323 e. The van der Waals surface area contributed by atoms with Gasteiger partial charge >= 0.3 is 5.97 Å². The highest BCUT2D eigenvalue weighted by Crippen LogP contribution is 2.12. The van der Waals surface area contributed by atoms with E-state index in [-0.39, 0.29) is 0 Å². The number of halogens is 1. The van der Waals surface area contributed by atoms with E-state index in [0.29, 0.717) is 13.0 Å². The van der Waals surface area contributed by atoms with Crippen LogP contribution in [0.25, 0.3) is 0 Å². The molecule has 0 amide bonds. The Bertz CT molecular complexity index is 353. The van der Waals surface area contributed by atoms with Crippen LogP contribution in [0.3, 0.4) is 0 Å². The van der Waals surface area contributed by atoms with Crippen LogP contribution >= 0.6 is 15.9 Å². The van der Waals surface area contributed by atoms with Gasteiger partial charge in [-0.25, -0.2) is 0 Å². The first-order valence-electron chi connectivity index (χ1n) is 4.58. The van der Waals surface area contributed by atoms with Gasteiger partial charge in [0.15, 0.2) is 0 Å². The molecular weight excluding hydrogens is 262 g/mol. The van der Waals surface area contributed by atoms with Gasteiger partial charge < -0.3 is 10.4 Å². The number of nitrogens with one attached hydrogen (secondary N) is 1. The Morgan fingerprint density at radius 2 is 2.47 bits per heavy atom. The highest BCUT2D eigenvalue weighted by Gasteiger charge is 2.30. The Morgan fingerprint density at radius 1 is 1.80 bits per heavy atom. The summed E-state index contributed by atoms with van der Waals surface area (Å²) in [4.78, 5) is 11.0. The average molecular weight is 276 g/mol. The molecule has 0 aromatic carbocycles. The quantitative estimate of drug-likeness (QED) is 0.845. The molecule has 1 aromatic rings. The number of rotatable bonds is 5. The molecule has 6 heteroatoms. The van der Waals surface area contributed by atoms with Crippen molar-refractivity contribution in [3.63, 3.8) is 0 Å². The van der Waals surface area contributed by atoms with Gasteiger partial charge in [0.25, 0.3) is 0 Å². The zero-order chi connectivity index (χ0) is 11.5. The second-order valence-electron chi connectivity index (χ2n) is 3.56. The van der Waals surface area contributed by atoms with Gasteiger partial charge in [-0.15, -0.1) is 0 Å². The predicted octanol–water partition coefficient (Wildman–Crippen LogP) is 1.10. The van der Waals surface area contributed by atoms with Crippen LogP contribution in [-0.2, 0) is 11.3 Å². The van der Waals surface area contributed by atoms with E-state index in [2.05, 4.69) is 26.3 Å². The summed E-state index contributed by atoms with van der Waals surface area (Å²) in [5.41, 5.74) is -0.904. The molecule has 1 atom stereocenters. The van der Waals surface area contributed by atoms with Gasteiger partial charge in [-0.3, -0.25) is 9.48 Å². The zero-order valence-electron chi connectivity index (χ0n) is 8.70. The maximum absolute atomic E-state index is 11.0. The third-order valence-corrected chi connectivity index (χ3v) is 2.88. The van der Waals surface area contributed by atoms with E-state index in [4.69, 9.17) is 5.11 Å². The molecule has 1 aromatic heterocycles. The molecule has 0 aliphatic heterocycles. The van der Waals surface area contributed by atoms with Gasteiger partial charge in [0.1, 0.15) is 5.54 Å². The first-order valence-corrected chi connectivity index (χ1v) is 5.37. The lowest BCUT2D eigenvalue weighted by atomic mass is 9.98. The van der Waals surface area contributed by atoms with Gasteiger partial charge in [-0.2, -0.15) is 5.10 Å². The highest BCUT2D eigenvalue weighted by atomic mass is 79.9. The minimum Gasteiger partial charge on any atom is -0.480 e. The smallest absolute Gasteiger partial charge is 0.323 e. The molecule has 0 saturated heterocycles. The Kier molecular flexibility index (Phi) is 3.87. The minimum atomic E-state index is -0.904. The lowest BCUT2D eigenvalue weighted by Gasteiger charge is -2.23. The Hall–Kier alpha value is -0.880. The summed E-state index contributed by atoms with van der Waals surface area (Å²) in [6.45, 7) is 2.23. The Balaban J connectivity index is 2.59. The molecule has 0 aliphatic carbocycles. The zero-order valence-corrected chi connectivity index (χ0v) is 10.3. The number of carboxylic acid groups (broad SMARTS) is 1. The minimum absolute atomic E-state index is 0.479. The van der Waals surface area contributed by atoms with Gasteiger partial charge in [0, 0.05) is 12.7 Å². The second-order valence-corrected chi connectivity index (χ2v) is 4.47. The molecule has 0 aliphatic rings. The number of aromatic nitrogens is 2. The summed E-state index contributed by atoms with van der Waals surface area (Å²) in [6, 6.07) is 0. The SMILES string of the molecule is CNC(C)(CCn1cc(Br)cn1)C(=O)O. The first-order chi connectivity index (χ1) is 6.98. The van der Waals surface area contributed by atoms with E-state index in [9.17, 15) is 4.79 Å². The van der Waals surface area contributed by atoms with Crippen molar-refractivity contribution in [2.24, 2.45) is 0 Å². The molecule has 0 saturated carbocycles. The van der Waals surface area contributed by atoms with Crippen molar-refractivity contribution in [2.45, 2.75) is 25.4 Å². The van der Waals surface area contributed by atoms with Crippen molar-refractivity contribution < 1.29 is 9.90 Å². The van der Waals surface area contributed by atoms with Crippen molar-refractivity contribution in [1.29, 1.82) is 0 Å². The van der Waals surface area contributed by atoms with E-state index in [1.165, 1.54) is 0 Å². The third-order valence-electron chi connectivity index (χ3n) is 2.47. The standard InChI is InChI=1S/C9H14BrN3O2/c1-9(11-2,8(14)15)3-4-13-6-7(10)5-12-13/h5-6,11H,3-4H2,1-2H3,(H,14,15). The number of nitrogens with zero attached hydrogens (tertiary/aromatic N) is 2. The van der Waals surface area contributed by atoms with Crippen LogP contribution in [0.15, 0.2) is 16.9 Å². The van der Waals surface area contributed by atoms with E-state index < -0.39 is 11.5 Å². The van der Waals surface area contributed by atoms with Crippen molar-refractivity contribution in [2.75, 3.05) is 7.05 Å². The van der Waals surface area contributed by atoms with E-state index in [0.717, 1.165) is 4.47 Å². The average Bonchev–Trinajstić information content (AvgIpc) is 2.60. The third kappa shape index (κ3) is 3.04. The summed E-state index contributed by atoms with van der Waals surface area (Å²) in [5, 5.41) is 15.9. The van der Waals surface area contributed by atoms with Gasteiger partial charge in [0.2, 0.25) is 0 Å². The molecule has 84 valence electrons. The molecule has 15 heavy (non-hydrogen) atoms. The second kappa shape index (κ2) is 4.76. The van der Waals surface area contributed by atoms with Crippen LogP contribution in [0, 0.1) is 0 Å². The summed E-state index contributed by atoms with van der Waals surface area (Å²) in [6.07, 6.45) is 3.97. The number of hydrogen-bond acceptors (Lipinski definition) is 3. The lowest BCUT2D eigenvalue weighted by molar-refractivity contribution is -0.144. The van der Waals surface area contributed by atoms with Crippen molar-refractivity contribution in [3.8, 4) is 0 Å². The van der Waals surface area contributed by atoms with Crippen LogP contribution in [0.2, 0.25) is 0 Å². The van der Waals surface area contributed by atoms with Gasteiger partial charge in [-0.1, -0.05) is 0 Å². The number of carboxylic acids is 1. The summed E-state index contributed by atoms with van der Waals surface area (Å²) >= 11 is 3.28. The van der Waals surface area contributed by atoms with Crippen LogP contribution in [-0.4, -0.2) is 33.4 Å². The topological polar surface area (TPSA) is 67.2 Å². The number of hydrogen-bond donors (Lipinski definition) is 2. The largest absolute Gasteiger partial charge is 0.480 e. The number of aliphatic carboxylic acids is 1. The molecule has 5 nitrogen and oxygen atoms in total. The van der Waals surface area contributed by atoms with Crippen LogP contribution in [0.4, 0.5) is 0 Å². The monoisotopic (exact) mass is 275 g/mol. The fourth-order valence-corrected chi connectivity index (χ4v) is 1.47. The molecule has 2 N–H and O–H groups in total. The molecule has 0 spiro atoms. The molecule has 0 radical (unpaired) electrons. The molecule has 1 rings (SSSR count). The molecule has 1 heterocycles. The fraction of sp³-hybridized carbons (Fsp3) is 0.556. The van der Waals surface area contributed by atoms with Crippen LogP contribution in [0.5, 0.6) is 0 Å². The Labute approximate surface area is 96.6 Å². The summed E-state index contributed by atoms with van der Waals surface area (Å²) in [5.74, 6) is -0.851. The number of likely N-dealkylation sites (N-methyl/N-ethyl adjacent to an activating group) is 1. The van der Waals surface area contributed by atoms with Gasteiger partial charge in [0.05, 0.1) is 10.7 Å². The number of aryl methyl sites for hydroxylation is 1. The maximum atomic E-state index is 11.0. The first kappa shape index (κ1) is 12.2. The predicted molar refractivity (Wildman–Crippen MR) is 59.6 cm³/mol. The highest BCUT2D eigenvalue weighted by molar-refractivity contribution is 9.10. The molecule has 0 fully saturated rings. The molecule has 0 bridgehead atoms. The van der Waals surface area contributed by atoms with Crippen LogP contribution in [0.1, 0.15) is 13.3 Å². The molecule has 1 unspecified atom stereocenters. The van der Waals surface area contributed by atoms with Crippen molar-refractivity contribution >= 4 is 21.9 Å². The lowest BCUT2D eigenvalue weighted by Crippen LogP contribution is -2.48. The van der Waals surface area contributed by atoms with E-state index >= 15 is 0 Å². The fourth-order valence-electron chi connectivity index (χ4n) is 1.14. The van der Waals surface area contributed by atoms with E-state index in [1.54, 1.807) is 24.9 Å². The van der Waals surface area contributed by atoms with Crippen LogP contribution < -0.4 is 5.32 Å². The van der Waals surface area contributed by atoms with Crippen molar-refractivity contribution in [1.82, 2.24) is 15.1 Å². The van der Waals surface area contributed by atoms with Gasteiger partial charge in [-0.05, 0) is 36.3 Å². The normalized spacial score (nSPS) is 14.9. The van der Waals surface area contributed by atoms with Crippen molar-refractivity contribution in [3.05, 3.63) is 16.9 Å². The summed E-state index contributed by atoms with van der Waals surface area (Å²) < 4.78 is 2.60. The Morgan fingerprint density at radius 3 is 2.87 bits per heavy atom. The van der Waals surface area contributed by atoms with E-state index in [1.807, 2.05) is 6.20 Å². The molecular formula is C9H14BrN3O2. The summed E-state index contributed by atoms with van der Waals surface area (Å²) in [7, 11) is 1.65.